The molecule has 1 saturated heterocycles. The summed E-state index contributed by atoms with van der Waals surface area (Å²) in [6.45, 7) is 9.87. The number of amides is 2. The summed E-state index contributed by atoms with van der Waals surface area (Å²) < 4.78 is 0. The summed E-state index contributed by atoms with van der Waals surface area (Å²) in [5.74, 6) is -0.240. The van der Waals surface area contributed by atoms with Crippen molar-refractivity contribution >= 4 is 11.8 Å². The molecule has 0 aromatic heterocycles. The van der Waals surface area contributed by atoms with E-state index in [1.54, 1.807) is 0 Å². The zero-order valence-electron chi connectivity index (χ0n) is 10.9. The highest BCUT2D eigenvalue weighted by molar-refractivity contribution is 6.06. The Labute approximate surface area is 97.4 Å². The maximum atomic E-state index is 12.1. The maximum Gasteiger partial charge on any atom is 0.248 e. The smallest absolute Gasteiger partial charge is 0.248 e. The van der Waals surface area contributed by atoms with Crippen molar-refractivity contribution in [1.29, 1.82) is 0 Å². The van der Waals surface area contributed by atoms with Gasteiger partial charge in [-0.15, -0.1) is 0 Å². The molecule has 0 radical (unpaired) electrons. The molecule has 1 N–H and O–H groups in total. The van der Waals surface area contributed by atoms with Gasteiger partial charge in [0.2, 0.25) is 11.8 Å². The van der Waals surface area contributed by atoms with Crippen LogP contribution in [0.1, 0.15) is 47.5 Å². The van der Waals surface area contributed by atoms with Gasteiger partial charge in [-0.1, -0.05) is 13.3 Å². The third kappa shape index (κ3) is 2.26. The summed E-state index contributed by atoms with van der Waals surface area (Å²) in [7, 11) is 0. The monoisotopic (exact) mass is 226 g/mol. The van der Waals surface area contributed by atoms with Gasteiger partial charge in [-0.2, -0.15) is 0 Å². The topological polar surface area (TPSA) is 49.4 Å². The van der Waals surface area contributed by atoms with E-state index in [1.807, 2.05) is 34.6 Å². The summed E-state index contributed by atoms with van der Waals surface area (Å²) >= 11 is 0. The number of imide groups is 1. The Kier molecular flexibility index (Phi) is 3.43. The molecular formula is C12H22N2O2. The molecule has 0 bridgehead atoms. The van der Waals surface area contributed by atoms with Crippen LogP contribution in [0.4, 0.5) is 0 Å². The second-order valence-electron chi connectivity index (χ2n) is 5.49. The van der Waals surface area contributed by atoms with E-state index in [0.29, 0.717) is 6.54 Å². The molecule has 1 heterocycles. The maximum absolute atomic E-state index is 12.1. The Bertz CT molecular complexity index is 282. The summed E-state index contributed by atoms with van der Waals surface area (Å²) in [5.41, 5.74) is -1.32. The van der Waals surface area contributed by atoms with Crippen LogP contribution in [-0.4, -0.2) is 34.3 Å². The first kappa shape index (κ1) is 13.2. The number of rotatable bonds is 3. The standard InChI is InChI=1S/C12H22N2O2/c1-6-7-8-14-9(15)11(2,3)13-12(4,5)10(14)16/h13H,6-8H2,1-5H3. The Hall–Kier alpha value is -0.900. The summed E-state index contributed by atoms with van der Waals surface area (Å²) in [5, 5.41) is 3.10. The number of hydrogen-bond acceptors (Lipinski definition) is 3. The summed E-state index contributed by atoms with van der Waals surface area (Å²) in [4.78, 5) is 25.6. The van der Waals surface area contributed by atoms with E-state index in [-0.39, 0.29) is 11.8 Å². The molecule has 0 aromatic rings. The van der Waals surface area contributed by atoms with E-state index in [0.717, 1.165) is 12.8 Å². The van der Waals surface area contributed by atoms with Crippen molar-refractivity contribution < 1.29 is 9.59 Å². The number of nitrogens with zero attached hydrogens (tertiary/aromatic N) is 1. The zero-order valence-corrected chi connectivity index (χ0v) is 10.9. The van der Waals surface area contributed by atoms with Crippen molar-refractivity contribution in [1.82, 2.24) is 10.2 Å². The van der Waals surface area contributed by atoms with Gasteiger partial charge in [-0.3, -0.25) is 19.8 Å². The fourth-order valence-electron chi connectivity index (χ4n) is 2.17. The van der Waals surface area contributed by atoms with Crippen molar-refractivity contribution in [2.75, 3.05) is 6.54 Å². The molecular weight excluding hydrogens is 204 g/mol. The highest BCUT2D eigenvalue weighted by Crippen LogP contribution is 2.23. The van der Waals surface area contributed by atoms with Crippen LogP contribution in [0.5, 0.6) is 0 Å². The number of nitrogens with one attached hydrogen (secondary N) is 1. The fraction of sp³-hybridized carbons (Fsp3) is 0.833. The first-order chi connectivity index (χ1) is 7.22. The van der Waals surface area contributed by atoms with Gasteiger partial charge in [0, 0.05) is 6.54 Å². The van der Waals surface area contributed by atoms with Crippen molar-refractivity contribution in [3.63, 3.8) is 0 Å². The largest absolute Gasteiger partial charge is 0.290 e. The molecule has 4 heteroatoms. The predicted octanol–water partition coefficient (Wildman–Crippen LogP) is 1.30. The predicted molar refractivity (Wildman–Crippen MR) is 62.9 cm³/mol. The van der Waals surface area contributed by atoms with Gasteiger partial charge < -0.3 is 0 Å². The molecule has 1 aliphatic heterocycles. The number of carbonyl (C=O) groups excluding carboxylic acids is 2. The molecule has 0 aromatic carbocycles. The van der Waals surface area contributed by atoms with Crippen LogP contribution in [0.15, 0.2) is 0 Å². The fourth-order valence-corrected chi connectivity index (χ4v) is 2.17. The molecule has 92 valence electrons. The highest BCUT2D eigenvalue weighted by atomic mass is 16.2. The minimum atomic E-state index is -0.662. The zero-order chi connectivity index (χ0) is 12.6. The molecule has 0 spiro atoms. The van der Waals surface area contributed by atoms with Gasteiger partial charge in [0.1, 0.15) is 0 Å². The molecule has 1 fully saturated rings. The second kappa shape index (κ2) is 4.17. The normalized spacial score (nSPS) is 23.7. The quantitative estimate of drug-likeness (QED) is 0.738. The first-order valence-electron chi connectivity index (χ1n) is 5.88. The van der Waals surface area contributed by atoms with Crippen LogP contribution in [0.25, 0.3) is 0 Å². The van der Waals surface area contributed by atoms with Crippen LogP contribution in [-0.2, 0) is 9.59 Å². The number of piperazine rings is 1. The molecule has 16 heavy (non-hydrogen) atoms. The second-order valence-corrected chi connectivity index (χ2v) is 5.49. The van der Waals surface area contributed by atoms with Gasteiger partial charge in [-0.05, 0) is 34.1 Å². The molecule has 0 saturated carbocycles. The minimum Gasteiger partial charge on any atom is -0.290 e. The Morgan fingerprint density at radius 1 is 1.06 bits per heavy atom. The van der Waals surface area contributed by atoms with E-state index in [2.05, 4.69) is 5.32 Å². The van der Waals surface area contributed by atoms with Gasteiger partial charge in [0.25, 0.3) is 0 Å². The van der Waals surface area contributed by atoms with Crippen LogP contribution >= 0.6 is 0 Å². The number of carbonyl (C=O) groups is 2. The van der Waals surface area contributed by atoms with Crippen molar-refractivity contribution in [2.45, 2.75) is 58.5 Å². The van der Waals surface area contributed by atoms with Crippen molar-refractivity contribution in [3.8, 4) is 0 Å². The lowest BCUT2D eigenvalue weighted by Crippen LogP contribution is -2.72. The third-order valence-corrected chi connectivity index (χ3v) is 2.92. The molecule has 0 unspecified atom stereocenters. The van der Waals surface area contributed by atoms with Gasteiger partial charge in [-0.25, -0.2) is 0 Å². The molecule has 2 amide bonds. The third-order valence-electron chi connectivity index (χ3n) is 2.92. The number of hydrogen-bond donors (Lipinski definition) is 1. The van der Waals surface area contributed by atoms with Crippen molar-refractivity contribution in [2.24, 2.45) is 0 Å². The van der Waals surface area contributed by atoms with Crippen LogP contribution in [0.2, 0.25) is 0 Å². The van der Waals surface area contributed by atoms with Crippen LogP contribution < -0.4 is 5.32 Å². The van der Waals surface area contributed by atoms with Crippen molar-refractivity contribution in [3.05, 3.63) is 0 Å². The highest BCUT2D eigenvalue weighted by Gasteiger charge is 2.48. The molecule has 0 aliphatic carbocycles. The molecule has 1 aliphatic rings. The minimum absolute atomic E-state index is 0.120. The lowest BCUT2D eigenvalue weighted by Gasteiger charge is -2.45. The summed E-state index contributed by atoms with van der Waals surface area (Å²) in [6, 6.07) is 0. The SMILES string of the molecule is CCCCN1C(=O)C(C)(C)NC(C)(C)C1=O. The van der Waals surface area contributed by atoms with Crippen LogP contribution in [0.3, 0.4) is 0 Å². The first-order valence-corrected chi connectivity index (χ1v) is 5.88. The number of unbranched alkanes of at least 4 members (excludes halogenated alkanes) is 1. The van der Waals surface area contributed by atoms with E-state index in [4.69, 9.17) is 0 Å². The van der Waals surface area contributed by atoms with Crippen LogP contribution in [0, 0.1) is 0 Å². The summed E-state index contributed by atoms with van der Waals surface area (Å²) in [6.07, 6.45) is 1.84. The lowest BCUT2D eigenvalue weighted by atomic mass is 9.89. The molecule has 4 nitrogen and oxygen atoms in total. The van der Waals surface area contributed by atoms with Gasteiger partial charge >= 0.3 is 0 Å². The Morgan fingerprint density at radius 2 is 1.50 bits per heavy atom. The van der Waals surface area contributed by atoms with Gasteiger partial charge in [0.15, 0.2) is 0 Å². The van der Waals surface area contributed by atoms with E-state index in [9.17, 15) is 9.59 Å². The average Bonchev–Trinajstić information content (AvgIpc) is 2.14. The van der Waals surface area contributed by atoms with Gasteiger partial charge in [0.05, 0.1) is 11.1 Å². The lowest BCUT2D eigenvalue weighted by molar-refractivity contribution is -0.159. The van der Waals surface area contributed by atoms with E-state index in [1.165, 1.54) is 4.90 Å². The van der Waals surface area contributed by atoms with E-state index >= 15 is 0 Å². The van der Waals surface area contributed by atoms with E-state index < -0.39 is 11.1 Å². The Balaban J connectivity index is 2.95. The molecule has 1 rings (SSSR count). The average molecular weight is 226 g/mol. The Morgan fingerprint density at radius 3 is 1.88 bits per heavy atom. The molecule has 0 atom stereocenters.